The van der Waals surface area contributed by atoms with Gasteiger partial charge in [0.15, 0.2) is 8.32 Å². The molecule has 0 spiro atoms. The fourth-order valence-electron chi connectivity index (χ4n) is 8.71. The minimum absolute atomic E-state index is 0.0551. The van der Waals surface area contributed by atoms with Crippen molar-refractivity contribution in [2.75, 3.05) is 26.8 Å². The number of aliphatic hydroxyl groups excluding tert-OH is 1. The standard InChI is InChI=1S/C54H108O8Si3/c1-14-15-16-17-18-22-25-28-34-48(58-44-56-40-42-63(6,7)8)50-36-38-52(60-50)53-39-37-51(61-53)49(59-45-57-41-43-64(9,10)11)35-29-26-23-20-19-21-24-27-32-47(55)33-30-31-46(2)62-65(12,13)54(3,4)5/h46-53,55H,14-29,32-45H2,1-13H3/t46-,47-,48-,49-,50-,51-,52-,53-/m1/s1. The van der Waals surface area contributed by atoms with Gasteiger partial charge in [-0.2, -0.15) is 0 Å². The molecule has 0 aromatic carbocycles. The largest absolute Gasteiger partial charge is 0.404 e. The van der Waals surface area contributed by atoms with Gasteiger partial charge in [0.05, 0.1) is 42.7 Å². The van der Waals surface area contributed by atoms with Crippen LogP contribution in [0.25, 0.3) is 0 Å². The molecule has 0 aromatic heterocycles. The smallest absolute Gasteiger partial charge is 0.193 e. The van der Waals surface area contributed by atoms with E-state index in [9.17, 15) is 5.11 Å². The summed E-state index contributed by atoms with van der Waals surface area (Å²) < 4.78 is 45.1. The molecule has 0 unspecified atom stereocenters. The van der Waals surface area contributed by atoms with Crippen molar-refractivity contribution in [1.29, 1.82) is 0 Å². The molecule has 384 valence electrons. The molecule has 2 fully saturated rings. The first-order valence-electron chi connectivity index (χ1n) is 27.2. The number of ether oxygens (including phenoxy) is 6. The number of rotatable bonds is 38. The van der Waals surface area contributed by atoms with Gasteiger partial charge in [-0.25, -0.2) is 0 Å². The SMILES string of the molecule is CCCCCCCCCC[C@@H](OCOCC[Si](C)(C)C)[C@H]1CC[C@H]([C@H]2CC[C@H]([C@@H](CCCCCCCCCC[C@@H](O)CC#C[C@@H](C)O[Si](C)(C)C(C)(C)C)OCOCC[Si](C)(C)C)O2)O1. The van der Waals surface area contributed by atoms with Crippen LogP contribution in [0.5, 0.6) is 0 Å². The van der Waals surface area contributed by atoms with Gasteiger partial charge in [0, 0.05) is 35.8 Å². The zero-order valence-corrected chi connectivity index (χ0v) is 48.1. The molecule has 0 amide bonds. The molecule has 8 atom stereocenters. The minimum Gasteiger partial charge on any atom is -0.404 e. The Morgan fingerprint density at radius 2 is 0.985 bits per heavy atom. The lowest BCUT2D eigenvalue weighted by molar-refractivity contribution is -0.162. The second-order valence-corrected chi connectivity index (χ2v) is 40.0. The van der Waals surface area contributed by atoms with Gasteiger partial charge in [-0.1, -0.05) is 182 Å². The molecule has 2 heterocycles. The second kappa shape index (κ2) is 33.5. The average molecular weight is 970 g/mol. The summed E-state index contributed by atoms with van der Waals surface area (Å²) in [5, 5.41) is 10.7. The topological polar surface area (TPSA) is 84.8 Å². The Balaban J connectivity index is 1.78. The van der Waals surface area contributed by atoms with Crippen LogP contribution in [0.15, 0.2) is 0 Å². The van der Waals surface area contributed by atoms with Crippen molar-refractivity contribution in [2.45, 2.75) is 307 Å². The molecular formula is C54H108O8Si3. The second-order valence-electron chi connectivity index (χ2n) is 24.0. The third-order valence-electron chi connectivity index (χ3n) is 14.2. The van der Waals surface area contributed by atoms with Gasteiger partial charge in [0.1, 0.15) is 19.7 Å². The Kier molecular flexibility index (Phi) is 31.4. The molecule has 0 saturated carbocycles. The van der Waals surface area contributed by atoms with Gasteiger partial charge in [0.25, 0.3) is 0 Å². The first-order valence-corrected chi connectivity index (χ1v) is 37.6. The van der Waals surface area contributed by atoms with Crippen molar-refractivity contribution in [3.05, 3.63) is 0 Å². The predicted molar refractivity (Wildman–Crippen MR) is 283 cm³/mol. The lowest BCUT2D eigenvalue weighted by Gasteiger charge is -2.37. The van der Waals surface area contributed by atoms with Gasteiger partial charge in [-0.15, -0.1) is 0 Å². The van der Waals surface area contributed by atoms with Crippen LogP contribution in [0.1, 0.15) is 189 Å². The monoisotopic (exact) mass is 969 g/mol. The first-order chi connectivity index (χ1) is 30.7. The van der Waals surface area contributed by atoms with E-state index in [1.165, 1.54) is 89.9 Å². The molecule has 11 heteroatoms. The maximum absolute atomic E-state index is 10.5. The lowest BCUT2D eigenvalue weighted by atomic mass is 10.00. The molecule has 0 radical (unpaired) electrons. The molecule has 0 aliphatic carbocycles. The van der Waals surface area contributed by atoms with Gasteiger partial charge in [-0.3, -0.25) is 0 Å². The van der Waals surface area contributed by atoms with Crippen LogP contribution >= 0.6 is 0 Å². The van der Waals surface area contributed by atoms with E-state index in [-0.39, 0.29) is 53.9 Å². The Morgan fingerprint density at radius 3 is 1.38 bits per heavy atom. The molecule has 2 saturated heterocycles. The molecule has 2 aliphatic rings. The third kappa shape index (κ3) is 29.6. The van der Waals surface area contributed by atoms with Crippen LogP contribution in [0.4, 0.5) is 0 Å². The zero-order valence-electron chi connectivity index (χ0n) is 45.1. The van der Waals surface area contributed by atoms with E-state index in [2.05, 4.69) is 91.9 Å². The highest BCUT2D eigenvalue weighted by Crippen LogP contribution is 2.38. The molecule has 1 N–H and O–H groups in total. The van der Waals surface area contributed by atoms with Crippen molar-refractivity contribution in [1.82, 2.24) is 0 Å². The van der Waals surface area contributed by atoms with E-state index in [1.807, 2.05) is 6.92 Å². The Morgan fingerprint density at radius 1 is 0.585 bits per heavy atom. The van der Waals surface area contributed by atoms with Crippen molar-refractivity contribution in [2.24, 2.45) is 0 Å². The molecule has 65 heavy (non-hydrogen) atoms. The van der Waals surface area contributed by atoms with Crippen LogP contribution in [-0.4, -0.2) is 105 Å². The summed E-state index contributed by atoms with van der Waals surface area (Å²) in [6.45, 7) is 32.3. The van der Waals surface area contributed by atoms with Crippen molar-refractivity contribution in [3.63, 3.8) is 0 Å². The summed E-state index contributed by atoms with van der Waals surface area (Å²) in [5.74, 6) is 6.43. The number of aliphatic hydroxyl groups is 1. The van der Waals surface area contributed by atoms with Gasteiger partial charge < -0.3 is 38.0 Å². The highest BCUT2D eigenvalue weighted by molar-refractivity contribution is 6.76. The normalized spacial score (nSPS) is 21.6. The van der Waals surface area contributed by atoms with Crippen LogP contribution in [0.3, 0.4) is 0 Å². The number of unbranched alkanes of at least 4 members (excludes halogenated alkanes) is 14. The summed E-state index contributed by atoms with van der Waals surface area (Å²) >= 11 is 0. The summed E-state index contributed by atoms with van der Waals surface area (Å²) in [7, 11) is -4.12. The van der Waals surface area contributed by atoms with Crippen LogP contribution in [0.2, 0.25) is 69.5 Å². The maximum atomic E-state index is 10.5. The van der Waals surface area contributed by atoms with Gasteiger partial charge in [0.2, 0.25) is 0 Å². The van der Waals surface area contributed by atoms with Crippen molar-refractivity contribution >= 4 is 24.5 Å². The highest BCUT2D eigenvalue weighted by Gasteiger charge is 2.42. The van der Waals surface area contributed by atoms with E-state index in [4.69, 9.17) is 32.8 Å². The van der Waals surface area contributed by atoms with Crippen LogP contribution < -0.4 is 0 Å². The van der Waals surface area contributed by atoms with E-state index >= 15 is 0 Å². The van der Waals surface area contributed by atoms with E-state index in [0.29, 0.717) is 20.0 Å². The molecule has 2 aliphatic heterocycles. The highest BCUT2D eigenvalue weighted by atomic mass is 28.4. The van der Waals surface area contributed by atoms with Crippen molar-refractivity contribution < 1.29 is 38.0 Å². The predicted octanol–water partition coefficient (Wildman–Crippen LogP) is 15.1. The maximum Gasteiger partial charge on any atom is 0.193 e. The van der Waals surface area contributed by atoms with Gasteiger partial charge >= 0.3 is 0 Å². The van der Waals surface area contributed by atoms with E-state index < -0.39 is 24.5 Å². The Bertz CT molecular complexity index is 1240. The van der Waals surface area contributed by atoms with Gasteiger partial charge in [-0.05, 0) is 82.1 Å². The fourth-order valence-corrected chi connectivity index (χ4v) is 11.5. The summed E-state index contributed by atoms with van der Waals surface area (Å²) in [5.41, 5.74) is 0. The third-order valence-corrected chi connectivity index (χ3v) is 22.1. The quantitative estimate of drug-likeness (QED) is 0.0284. The van der Waals surface area contributed by atoms with E-state index in [1.54, 1.807) is 0 Å². The minimum atomic E-state index is -1.83. The summed E-state index contributed by atoms with van der Waals surface area (Å²) in [6.07, 6.45) is 27.8. The Hall–Kier alpha value is -0.109. The Labute approximate surface area is 406 Å². The van der Waals surface area contributed by atoms with Crippen LogP contribution in [0, 0.1) is 11.8 Å². The molecular weight excluding hydrogens is 861 g/mol. The van der Waals surface area contributed by atoms with Crippen molar-refractivity contribution in [3.8, 4) is 11.8 Å². The van der Waals surface area contributed by atoms with E-state index in [0.717, 1.165) is 83.1 Å². The summed E-state index contributed by atoms with van der Waals surface area (Å²) in [4.78, 5) is 0. The average Bonchev–Trinajstić information content (AvgIpc) is 3.90. The fraction of sp³-hybridized carbons (Fsp3) is 0.963. The summed E-state index contributed by atoms with van der Waals surface area (Å²) in [6, 6.07) is 2.32. The molecule has 8 nitrogen and oxygen atoms in total. The van der Waals surface area contributed by atoms with Crippen LogP contribution in [-0.2, 0) is 32.8 Å². The number of hydrogen-bond donors (Lipinski definition) is 1. The number of hydrogen-bond acceptors (Lipinski definition) is 8. The zero-order chi connectivity index (χ0) is 48.2. The molecule has 0 aromatic rings. The molecule has 2 rings (SSSR count). The first kappa shape index (κ1) is 61.0. The molecule has 0 bridgehead atoms. The lowest BCUT2D eigenvalue weighted by Crippen LogP contribution is -2.43.